The smallest absolute Gasteiger partial charge is 0.350 e. The molecule has 0 spiro atoms. The number of nitrogens with one attached hydrogen (secondary N) is 1. The van der Waals surface area contributed by atoms with Gasteiger partial charge in [0.25, 0.3) is 11.7 Å². The van der Waals surface area contributed by atoms with E-state index in [1.54, 1.807) is 29.2 Å². The fraction of sp³-hybridized carbons (Fsp3) is 0.389. The molecule has 1 fully saturated rings. The molecule has 0 aromatic heterocycles. The standard InChI is InChI=1S/C18H22N2O5/c1-5-20(6-2)15(21)12-7-9-13(10-8-12)19-11-14-16(22)24-18(3,4)25-17(14)23/h7-11,19H,5-6H2,1-4H3. The SMILES string of the molecule is CCN(CC)C(=O)c1ccc(NC=C2C(=O)OC(C)(C)OC2=O)cc1. The third-order valence-corrected chi connectivity index (χ3v) is 3.68. The van der Waals surface area contributed by atoms with Gasteiger partial charge < -0.3 is 19.7 Å². The first-order valence-corrected chi connectivity index (χ1v) is 8.10. The monoisotopic (exact) mass is 346 g/mol. The second-order valence-electron chi connectivity index (χ2n) is 5.94. The minimum Gasteiger partial charge on any atom is -0.419 e. The van der Waals surface area contributed by atoms with Gasteiger partial charge in [0.1, 0.15) is 0 Å². The number of anilines is 1. The first-order chi connectivity index (χ1) is 11.8. The van der Waals surface area contributed by atoms with Gasteiger partial charge in [-0.15, -0.1) is 0 Å². The number of benzene rings is 1. The Balaban J connectivity index is 2.08. The molecule has 0 atom stereocenters. The minimum atomic E-state index is -1.27. The van der Waals surface area contributed by atoms with Crippen molar-refractivity contribution < 1.29 is 23.9 Å². The molecule has 7 nitrogen and oxygen atoms in total. The van der Waals surface area contributed by atoms with E-state index in [0.717, 1.165) is 0 Å². The van der Waals surface area contributed by atoms with Crippen LogP contribution in [0.2, 0.25) is 0 Å². The van der Waals surface area contributed by atoms with E-state index in [0.29, 0.717) is 24.3 Å². The number of hydrogen-bond acceptors (Lipinski definition) is 6. The maximum atomic E-state index is 12.2. The molecular weight excluding hydrogens is 324 g/mol. The van der Waals surface area contributed by atoms with Crippen molar-refractivity contribution >= 4 is 23.5 Å². The average Bonchev–Trinajstić information content (AvgIpc) is 2.54. The number of carbonyl (C=O) groups is 3. The quantitative estimate of drug-likeness (QED) is 0.500. The number of ether oxygens (including phenoxy) is 2. The van der Waals surface area contributed by atoms with Crippen LogP contribution in [-0.2, 0) is 19.1 Å². The summed E-state index contributed by atoms with van der Waals surface area (Å²) in [5, 5.41) is 2.84. The zero-order valence-electron chi connectivity index (χ0n) is 14.8. The van der Waals surface area contributed by atoms with E-state index >= 15 is 0 Å². The fourth-order valence-corrected chi connectivity index (χ4v) is 2.34. The molecule has 1 amide bonds. The van der Waals surface area contributed by atoms with Crippen LogP contribution in [0.3, 0.4) is 0 Å². The molecule has 1 heterocycles. The Morgan fingerprint density at radius 2 is 1.60 bits per heavy atom. The van der Waals surface area contributed by atoms with E-state index in [1.807, 2.05) is 13.8 Å². The van der Waals surface area contributed by atoms with Crippen molar-refractivity contribution in [3.8, 4) is 0 Å². The fourth-order valence-electron chi connectivity index (χ4n) is 2.34. The molecule has 0 aliphatic carbocycles. The maximum absolute atomic E-state index is 12.2. The number of esters is 2. The van der Waals surface area contributed by atoms with E-state index in [2.05, 4.69) is 5.32 Å². The van der Waals surface area contributed by atoms with Crippen molar-refractivity contribution in [1.82, 2.24) is 4.90 Å². The Morgan fingerprint density at radius 3 is 2.08 bits per heavy atom. The van der Waals surface area contributed by atoms with Crippen LogP contribution in [0, 0.1) is 0 Å². The summed E-state index contributed by atoms with van der Waals surface area (Å²) < 4.78 is 10.0. The molecule has 1 aromatic rings. The third-order valence-electron chi connectivity index (χ3n) is 3.68. The van der Waals surface area contributed by atoms with E-state index in [9.17, 15) is 14.4 Å². The largest absolute Gasteiger partial charge is 0.419 e. The summed E-state index contributed by atoms with van der Waals surface area (Å²) >= 11 is 0. The normalized spacial score (nSPS) is 15.9. The number of amides is 1. The van der Waals surface area contributed by atoms with Crippen LogP contribution < -0.4 is 5.32 Å². The summed E-state index contributed by atoms with van der Waals surface area (Å²) in [5.41, 5.74) is 0.969. The average molecular weight is 346 g/mol. The van der Waals surface area contributed by atoms with Crippen molar-refractivity contribution in [3.63, 3.8) is 0 Å². The van der Waals surface area contributed by atoms with Gasteiger partial charge in [-0.2, -0.15) is 0 Å². The molecule has 1 N–H and O–H groups in total. The Morgan fingerprint density at radius 1 is 1.08 bits per heavy atom. The second kappa shape index (κ2) is 7.38. The minimum absolute atomic E-state index is 0.0448. The van der Waals surface area contributed by atoms with Crippen LogP contribution in [0.5, 0.6) is 0 Å². The lowest BCUT2D eigenvalue weighted by atomic mass is 10.1. The van der Waals surface area contributed by atoms with Gasteiger partial charge in [0, 0.05) is 44.4 Å². The van der Waals surface area contributed by atoms with Gasteiger partial charge in [0.05, 0.1) is 0 Å². The van der Waals surface area contributed by atoms with E-state index < -0.39 is 17.7 Å². The molecule has 25 heavy (non-hydrogen) atoms. The highest BCUT2D eigenvalue weighted by molar-refractivity contribution is 6.15. The van der Waals surface area contributed by atoms with Gasteiger partial charge in [-0.3, -0.25) is 4.79 Å². The van der Waals surface area contributed by atoms with Crippen LogP contribution in [-0.4, -0.2) is 41.6 Å². The Bertz CT molecular complexity index is 681. The van der Waals surface area contributed by atoms with Gasteiger partial charge in [0.2, 0.25) is 0 Å². The van der Waals surface area contributed by atoms with Crippen LogP contribution in [0.15, 0.2) is 36.0 Å². The van der Waals surface area contributed by atoms with Crippen molar-refractivity contribution in [2.75, 3.05) is 18.4 Å². The lowest BCUT2D eigenvalue weighted by molar-refractivity contribution is -0.222. The van der Waals surface area contributed by atoms with Gasteiger partial charge in [0.15, 0.2) is 5.57 Å². The second-order valence-corrected chi connectivity index (χ2v) is 5.94. The maximum Gasteiger partial charge on any atom is 0.350 e. The molecule has 2 rings (SSSR count). The molecule has 7 heteroatoms. The van der Waals surface area contributed by atoms with Gasteiger partial charge in [-0.25, -0.2) is 9.59 Å². The summed E-state index contributed by atoms with van der Waals surface area (Å²) in [6.07, 6.45) is 1.24. The zero-order valence-corrected chi connectivity index (χ0v) is 14.8. The first kappa shape index (κ1) is 18.5. The molecule has 134 valence electrons. The number of carbonyl (C=O) groups excluding carboxylic acids is 3. The zero-order chi connectivity index (χ0) is 18.6. The summed E-state index contributed by atoms with van der Waals surface area (Å²) in [6, 6.07) is 6.75. The molecule has 1 aromatic carbocycles. The molecular formula is C18H22N2O5. The van der Waals surface area contributed by atoms with Gasteiger partial charge in [-0.1, -0.05) is 0 Å². The molecule has 0 radical (unpaired) electrons. The Labute approximate surface area is 146 Å². The first-order valence-electron chi connectivity index (χ1n) is 8.10. The van der Waals surface area contributed by atoms with Crippen molar-refractivity contribution in [2.45, 2.75) is 33.5 Å². The van der Waals surface area contributed by atoms with Crippen LogP contribution in [0.25, 0.3) is 0 Å². The Hall–Kier alpha value is -2.83. The Kier molecular flexibility index (Phi) is 5.46. The van der Waals surface area contributed by atoms with Crippen molar-refractivity contribution in [3.05, 3.63) is 41.6 Å². The predicted octanol–water partition coefficient (Wildman–Crippen LogP) is 2.30. The van der Waals surface area contributed by atoms with Crippen LogP contribution in [0.1, 0.15) is 38.1 Å². The molecule has 1 aliphatic heterocycles. The van der Waals surface area contributed by atoms with Crippen LogP contribution >= 0.6 is 0 Å². The van der Waals surface area contributed by atoms with Crippen molar-refractivity contribution in [2.24, 2.45) is 0 Å². The molecule has 0 saturated carbocycles. The highest BCUT2D eigenvalue weighted by Crippen LogP contribution is 2.22. The molecule has 1 saturated heterocycles. The molecule has 1 aliphatic rings. The lowest BCUT2D eigenvalue weighted by Gasteiger charge is -2.29. The summed E-state index contributed by atoms with van der Waals surface area (Å²) in [4.78, 5) is 37.7. The third kappa shape index (κ3) is 4.37. The highest BCUT2D eigenvalue weighted by Gasteiger charge is 2.38. The number of rotatable bonds is 5. The topological polar surface area (TPSA) is 84.9 Å². The number of hydrogen-bond donors (Lipinski definition) is 1. The van der Waals surface area contributed by atoms with E-state index in [1.165, 1.54) is 20.0 Å². The summed E-state index contributed by atoms with van der Waals surface area (Å²) in [6.45, 7) is 8.10. The van der Waals surface area contributed by atoms with E-state index in [-0.39, 0.29) is 11.5 Å². The summed E-state index contributed by atoms with van der Waals surface area (Å²) in [5.74, 6) is -2.81. The number of cyclic esters (lactones) is 2. The molecule has 0 bridgehead atoms. The highest BCUT2D eigenvalue weighted by atomic mass is 16.7. The predicted molar refractivity (Wildman–Crippen MR) is 91.7 cm³/mol. The van der Waals surface area contributed by atoms with E-state index in [4.69, 9.17) is 9.47 Å². The number of nitrogens with zero attached hydrogens (tertiary/aromatic N) is 1. The lowest BCUT2D eigenvalue weighted by Crippen LogP contribution is -2.42. The van der Waals surface area contributed by atoms with Crippen LogP contribution in [0.4, 0.5) is 5.69 Å². The van der Waals surface area contributed by atoms with Gasteiger partial charge in [-0.05, 0) is 38.1 Å². The molecule has 0 unspecified atom stereocenters. The van der Waals surface area contributed by atoms with Gasteiger partial charge >= 0.3 is 11.9 Å². The summed E-state index contributed by atoms with van der Waals surface area (Å²) in [7, 11) is 0. The van der Waals surface area contributed by atoms with Crippen molar-refractivity contribution in [1.29, 1.82) is 0 Å².